The molecule has 0 saturated heterocycles. The molecule has 2 rings (SSSR count). The summed E-state index contributed by atoms with van der Waals surface area (Å²) in [5, 5.41) is 6.01. The Kier molecular flexibility index (Phi) is 6.26. The second-order valence-electron chi connectivity index (χ2n) is 4.52. The van der Waals surface area contributed by atoms with Crippen LogP contribution in [0.15, 0.2) is 48.5 Å². The first-order valence-corrected chi connectivity index (χ1v) is 7.53. The monoisotopic (exact) mass is 352 g/mol. The number of hydrogen-bond donors (Lipinski definition) is 2. The Hall–Kier alpha value is -2.24. The summed E-state index contributed by atoms with van der Waals surface area (Å²) in [5.74, 6) is -0.879. The summed E-state index contributed by atoms with van der Waals surface area (Å²) in [6.07, 6.45) is 0. The molecule has 0 saturated carbocycles. The van der Waals surface area contributed by atoms with Crippen LogP contribution in [0.4, 0.5) is 5.69 Å². The van der Waals surface area contributed by atoms with Crippen molar-refractivity contribution in [3.63, 3.8) is 0 Å². The standard InChI is InChI=1S/C16H14Cl2N2O3/c17-11-4-6-14(7-5-11)23-9-8-19-15(21)16(22)20-13-3-1-2-12(18)10-13/h1-7,10H,8-9H2,(H,19,21)(H,20,22). The maximum absolute atomic E-state index is 11.7. The van der Waals surface area contributed by atoms with Crippen LogP contribution in [0.5, 0.6) is 5.75 Å². The molecule has 2 aromatic rings. The predicted molar refractivity (Wildman–Crippen MR) is 90.0 cm³/mol. The molecule has 0 aromatic heterocycles. The molecule has 2 amide bonds. The average Bonchev–Trinajstić information content (AvgIpc) is 2.53. The molecule has 0 aliphatic rings. The van der Waals surface area contributed by atoms with E-state index in [0.29, 0.717) is 21.5 Å². The summed E-state index contributed by atoms with van der Waals surface area (Å²) in [7, 11) is 0. The maximum atomic E-state index is 11.7. The van der Waals surface area contributed by atoms with Crippen molar-refractivity contribution in [3.05, 3.63) is 58.6 Å². The highest BCUT2D eigenvalue weighted by Gasteiger charge is 2.13. The van der Waals surface area contributed by atoms with Crippen LogP contribution in [0.3, 0.4) is 0 Å². The van der Waals surface area contributed by atoms with Crippen molar-refractivity contribution in [2.75, 3.05) is 18.5 Å². The van der Waals surface area contributed by atoms with Gasteiger partial charge >= 0.3 is 11.8 Å². The first-order chi connectivity index (χ1) is 11.0. The fourth-order valence-electron chi connectivity index (χ4n) is 1.70. The average molecular weight is 353 g/mol. The Bertz CT molecular complexity index is 690. The topological polar surface area (TPSA) is 67.4 Å². The lowest BCUT2D eigenvalue weighted by atomic mass is 10.3. The summed E-state index contributed by atoms with van der Waals surface area (Å²) in [5.41, 5.74) is 0.454. The number of amides is 2. The molecule has 0 fully saturated rings. The van der Waals surface area contributed by atoms with E-state index in [2.05, 4.69) is 10.6 Å². The van der Waals surface area contributed by atoms with Crippen molar-refractivity contribution >= 4 is 40.7 Å². The van der Waals surface area contributed by atoms with Gasteiger partial charge in [0, 0.05) is 15.7 Å². The molecule has 0 heterocycles. The SMILES string of the molecule is O=C(NCCOc1ccc(Cl)cc1)C(=O)Nc1cccc(Cl)c1. The normalized spacial score (nSPS) is 10.0. The molecule has 5 nitrogen and oxygen atoms in total. The summed E-state index contributed by atoms with van der Waals surface area (Å²) in [4.78, 5) is 23.4. The summed E-state index contributed by atoms with van der Waals surface area (Å²) < 4.78 is 5.40. The highest BCUT2D eigenvalue weighted by Crippen LogP contribution is 2.15. The van der Waals surface area contributed by atoms with E-state index in [4.69, 9.17) is 27.9 Å². The molecule has 0 spiro atoms. The van der Waals surface area contributed by atoms with E-state index in [0.717, 1.165) is 0 Å². The zero-order valence-corrected chi connectivity index (χ0v) is 13.5. The Morgan fingerprint density at radius 1 is 0.957 bits per heavy atom. The van der Waals surface area contributed by atoms with Crippen molar-refractivity contribution in [1.29, 1.82) is 0 Å². The minimum atomic E-state index is -0.765. The third-order valence-electron chi connectivity index (χ3n) is 2.76. The van der Waals surface area contributed by atoms with Gasteiger partial charge in [-0.3, -0.25) is 9.59 Å². The number of anilines is 1. The van der Waals surface area contributed by atoms with Gasteiger partial charge in [0.05, 0.1) is 6.54 Å². The van der Waals surface area contributed by atoms with Crippen LogP contribution in [0.2, 0.25) is 10.0 Å². The van der Waals surface area contributed by atoms with E-state index < -0.39 is 11.8 Å². The van der Waals surface area contributed by atoms with Crippen LogP contribution in [0.1, 0.15) is 0 Å². The van der Waals surface area contributed by atoms with E-state index in [9.17, 15) is 9.59 Å². The number of carbonyl (C=O) groups excluding carboxylic acids is 2. The molecule has 0 aliphatic heterocycles. The largest absolute Gasteiger partial charge is 0.492 e. The molecular weight excluding hydrogens is 339 g/mol. The summed E-state index contributed by atoms with van der Waals surface area (Å²) in [6.45, 7) is 0.433. The predicted octanol–water partition coefficient (Wildman–Crippen LogP) is 3.13. The number of nitrogens with one attached hydrogen (secondary N) is 2. The minimum absolute atomic E-state index is 0.199. The van der Waals surface area contributed by atoms with Gasteiger partial charge in [-0.25, -0.2) is 0 Å². The summed E-state index contributed by atoms with van der Waals surface area (Å²) >= 11 is 11.6. The maximum Gasteiger partial charge on any atom is 0.313 e. The molecule has 0 radical (unpaired) electrons. The fourth-order valence-corrected chi connectivity index (χ4v) is 2.01. The lowest BCUT2D eigenvalue weighted by Gasteiger charge is -2.08. The Balaban J connectivity index is 1.71. The molecule has 0 atom stereocenters. The molecular formula is C16H14Cl2N2O3. The zero-order valence-electron chi connectivity index (χ0n) is 12.0. The molecule has 23 heavy (non-hydrogen) atoms. The van der Waals surface area contributed by atoms with Gasteiger partial charge in [0.1, 0.15) is 12.4 Å². The minimum Gasteiger partial charge on any atom is -0.492 e. The highest BCUT2D eigenvalue weighted by molar-refractivity contribution is 6.39. The first kappa shape index (κ1) is 17.1. The molecule has 0 aliphatic carbocycles. The second-order valence-corrected chi connectivity index (χ2v) is 5.40. The van der Waals surface area contributed by atoms with E-state index in [1.165, 1.54) is 0 Å². The smallest absolute Gasteiger partial charge is 0.313 e. The van der Waals surface area contributed by atoms with Gasteiger partial charge in [-0.05, 0) is 42.5 Å². The van der Waals surface area contributed by atoms with Gasteiger partial charge in [-0.2, -0.15) is 0 Å². The lowest BCUT2D eigenvalue weighted by Crippen LogP contribution is -2.37. The van der Waals surface area contributed by atoms with E-state index >= 15 is 0 Å². The van der Waals surface area contributed by atoms with Crippen LogP contribution < -0.4 is 15.4 Å². The van der Waals surface area contributed by atoms with E-state index in [-0.39, 0.29) is 13.2 Å². The number of rotatable bonds is 5. The van der Waals surface area contributed by atoms with Crippen molar-refractivity contribution < 1.29 is 14.3 Å². The molecule has 2 aromatic carbocycles. The quantitative estimate of drug-likeness (QED) is 0.641. The molecule has 2 N–H and O–H groups in total. The van der Waals surface area contributed by atoms with Crippen LogP contribution in [-0.2, 0) is 9.59 Å². The van der Waals surface area contributed by atoms with Gasteiger partial charge in [0.25, 0.3) is 0 Å². The number of hydrogen-bond acceptors (Lipinski definition) is 3. The van der Waals surface area contributed by atoms with Gasteiger partial charge in [0.15, 0.2) is 0 Å². The third-order valence-corrected chi connectivity index (χ3v) is 3.25. The Labute approximate surface area is 143 Å². The van der Waals surface area contributed by atoms with Crippen LogP contribution in [-0.4, -0.2) is 25.0 Å². The van der Waals surface area contributed by atoms with Crippen molar-refractivity contribution in [2.45, 2.75) is 0 Å². The molecule has 0 unspecified atom stereocenters. The van der Waals surface area contributed by atoms with Gasteiger partial charge in [0.2, 0.25) is 0 Å². The van der Waals surface area contributed by atoms with Crippen molar-refractivity contribution in [1.82, 2.24) is 5.32 Å². The first-order valence-electron chi connectivity index (χ1n) is 6.78. The fraction of sp³-hybridized carbons (Fsp3) is 0.125. The van der Waals surface area contributed by atoms with E-state index in [1.807, 2.05) is 0 Å². The van der Waals surface area contributed by atoms with Crippen molar-refractivity contribution in [3.8, 4) is 5.75 Å². The summed E-state index contributed by atoms with van der Waals surface area (Å²) in [6, 6.07) is 13.4. The number of ether oxygens (including phenoxy) is 1. The van der Waals surface area contributed by atoms with Gasteiger partial charge in [-0.1, -0.05) is 29.3 Å². The number of halogens is 2. The zero-order chi connectivity index (χ0) is 16.7. The Morgan fingerprint density at radius 2 is 1.70 bits per heavy atom. The Morgan fingerprint density at radius 3 is 2.39 bits per heavy atom. The number of carbonyl (C=O) groups is 2. The number of benzene rings is 2. The van der Waals surface area contributed by atoms with Crippen molar-refractivity contribution in [2.24, 2.45) is 0 Å². The molecule has 0 bridgehead atoms. The molecule has 120 valence electrons. The van der Waals surface area contributed by atoms with Gasteiger partial charge in [-0.15, -0.1) is 0 Å². The van der Waals surface area contributed by atoms with E-state index in [1.54, 1.807) is 48.5 Å². The van der Waals surface area contributed by atoms with Gasteiger partial charge < -0.3 is 15.4 Å². The third kappa shape index (κ3) is 5.81. The molecule has 7 heteroatoms. The van der Waals surface area contributed by atoms with Crippen LogP contribution in [0.25, 0.3) is 0 Å². The van der Waals surface area contributed by atoms with Crippen LogP contribution in [0, 0.1) is 0 Å². The highest BCUT2D eigenvalue weighted by atomic mass is 35.5. The second kappa shape index (κ2) is 8.41. The lowest BCUT2D eigenvalue weighted by molar-refractivity contribution is -0.136. The van der Waals surface area contributed by atoms with Crippen LogP contribution >= 0.6 is 23.2 Å².